The van der Waals surface area contributed by atoms with E-state index >= 15 is 0 Å². The van der Waals surface area contributed by atoms with Crippen molar-refractivity contribution < 1.29 is 22.0 Å². The number of benzene rings is 1. The van der Waals surface area contributed by atoms with Crippen molar-refractivity contribution in [3.8, 4) is 0 Å². The van der Waals surface area contributed by atoms with E-state index in [4.69, 9.17) is 0 Å². The van der Waals surface area contributed by atoms with Crippen molar-refractivity contribution in [2.75, 3.05) is 25.5 Å². The van der Waals surface area contributed by atoms with E-state index in [1.807, 2.05) is 0 Å². The fourth-order valence-electron chi connectivity index (χ4n) is 2.29. The van der Waals surface area contributed by atoms with Gasteiger partial charge in [-0.15, -0.1) is 0 Å². The quantitative estimate of drug-likeness (QED) is 0.300. The van der Waals surface area contributed by atoms with Crippen molar-refractivity contribution in [1.82, 2.24) is 20.6 Å². The Hall–Kier alpha value is -2.98. The molecule has 0 aliphatic rings. The molecule has 0 amide bonds. The van der Waals surface area contributed by atoms with Gasteiger partial charge in [0.1, 0.15) is 17.3 Å². The van der Waals surface area contributed by atoms with Crippen LogP contribution in [-0.4, -0.2) is 36.1 Å². The molecule has 1 aromatic carbocycles. The summed E-state index contributed by atoms with van der Waals surface area (Å²) in [6.45, 7) is 2.16. The average molecular weight is 402 g/mol. The number of aromatic nitrogens is 2. The molecule has 28 heavy (non-hydrogen) atoms. The zero-order valence-corrected chi connectivity index (χ0v) is 15.1. The van der Waals surface area contributed by atoms with E-state index in [0.29, 0.717) is 5.96 Å². The van der Waals surface area contributed by atoms with Gasteiger partial charge in [0.25, 0.3) is 0 Å². The van der Waals surface area contributed by atoms with E-state index in [0.717, 1.165) is 24.4 Å². The fourth-order valence-corrected chi connectivity index (χ4v) is 2.29. The van der Waals surface area contributed by atoms with Crippen LogP contribution in [0.5, 0.6) is 0 Å². The fraction of sp³-hybridized carbons (Fsp3) is 0.353. The molecule has 0 saturated carbocycles. The van der Waals surface area contributed by atoms with Crippen molar-refractivity contribution in [1.29, 1.82) is 0 Å². The summed E-state index contributed by atoms with van der Waals surface area (Å²) in [6.07, 6.45) is -3.53. The molecule has 6 nitrogen and oxygen atoms in total. The molecule has 0 radical (unpaired) electrons. The van der Waals surface area contributed by atoms with Crippen molar-refractivity contribution >= 4 is 11.9 Å². The lowest BCUT2D eigenvalue weighted by atomic mass is 10.1. The minimum atomic E-state index is -4.55. The van der Waals surface area contributed by atoms with Crippen LogP contribution in [0, 0.1) is 11.6 Å². The highest BCUT2D eigenvalue weighted by Crippen LogP contribution is 2.27. The second kappa shape index (κ2) is 9.29. The highest BCUT2D eigenvalue weighted by molar-refractivity contribution is 5.80. The van der Waals surface area contributed by atoms with Crippen molar-refractivity contribution in [2.45, 2.75) is 19.1 Å². The van der Waals surface area contributed by atoms with Crippen LogP contribution >= 0.6 is 0 Å². The van der Waals surface area contributed by atoms with Gasteiger partial charge in [-0.1, -0.05) is 6.07 Å². The largest absolute Gasteiger partial charge is 0.433 e. The highest BCUT2D eigenvalue weighted by Gasteiger charge is 2.32. The van der Waals surface area contributed by atoms with Crippen LogP contribution in [0.1, 0.15) is 24.2 Å². The highest BCUT2D eigenvalue weighted by atomic mass is 19.4. The Balaban J connectivity index is 1.84. The Morgan fingerprint density at radius 2 is 1.93 bits per heavy atom. The van der Waals surface area contributed by atoms with Gasteiger partial charge < -0.3 is 16.0 Å². The van der Waals surface area contributed by atoms with Gasteiger partial charge in [0, 0.05) is 38.0 Å². The summed E-state index contributed by atoms with van der Waals surface area (Å²) in [4.78, 5) is 11.1. The Bertz CT molecular complexity index is 824. The van der Waals surface area contributed by atoms with Crippen LogP contribution in [0.3, 0.4) is 0 Å². The van der Waals surface area contributed by atoms with Crippen LogP contribution in [0.4, 0.5) is 27.9 Å². The smallest absolute Gasteiger partial charge is 0.355 e. The number of hydrogen-bond donors (Lipinski definition) is 3. The van der Waals surface area contributed by atoms with E-state index in [1.165, 1.54) is 13.1 Å². The molecule has 3 N–H and O–H groups in total. The molecule has 0 spiro atoms. The molecule has 2 rings (SSSR count). The van der Waals surface area contributed by atoms with Gasteiger partial charge in [0.15, 0.2) is 5.96 Å². The summed E-state index contributed by atoms with van der Waals surface area (Å²) in [5, 5.41) is 8.53. The summed E-state index contributed by atoms with van der Waals surface area (Å²) >= 11 is 0. The Labute approximate surface area is 158 Å². The van der Waals surface area contributed by atoms with Gasteiger partial charge in [-0.25, -0.2) is 18.7 Å². The van der Waals surface area contributed by atoms with Gasteiger partial charge in [0.05, 0.1) is 6.04 Å². The van der Waals surface area contributed by atoms with Crippen molar-refractivity contribution in [3.05, 3.63) is 53.4 Å². The van der Waals surface area contributed by atoms with Crippen LogP contribution in [0.25, 0.3) is 0 Å². The lowest BCUT2D eigenvalue weighted by Gasteiger charge is -2.19. The number of nitrogens with one attached hydrogen (secondary N) is 3. The van der Waals surface area contributed by atoms with E-state index in [2.05, 4.69) is 30.9 Å². The molecule has 0 aliphatic heterocycles. The standard InChI is InChI=1S/C17H19F5N6/c1-10(12-4-3-11(18)9-13(12)19)27-15(23-2)25-7-8-26-16-24-6-5-14(28-16)17(20,21)22/h3-6,9-10H,7-8H2,1-2H3,(H2,23,25,27)(H,24,26,28). The third kappa shape index (κ3) is 6.03. The van der Waals surface area contributed by atoms with Crippen LogP contribution in [0.2, 0.25) is 0 Å². The maximum atomic E-state index is 13.8. The first-order chi connectivity index (χ1) is 13.2. The summed E-state index contributed by atoms with van der Waals surface area (Å²) < 4.78 is 64.7. The zero-order chi connectivity index (χ0) is 20.7. The normalized spacial score (nSPS) is 13.2. The van der Waals surface area contributed by atoms with Crippen LogP contribution < -0.4 is 16.0 Å². The number of aliphatic imine (C=N–C) groups is 1. The monoisotopic (exact) mass is 402 g/mol. The van der Waals surface area contributed by atoms with E-state index in [1.54, 1.807) is 6.92 Å². The topological polar surface area (TPSA) is 74.2 Å². The van der Waals surface area contributed by atoms with Gasteiger partial charge in [-0.05, 0) is 19.1 Å². The molecular formula is C17H19F5N6. The minimum Gasteiger partial charge on any atom is -0.355 e. The molecule has 1 unspecified atom stereocenters. The Morgan fingerprint density at radius 1 is 1.18 bits per heavy atom. The van der Waals surface area contributed by atoms with Gasteiger partial charge in [-0.2, -0.15) is 13.2 Å². The van der Waals surface area contributed by atoms with E-state index < -0.39 is 29.5 Å². The molecule has 0 fully saturated rings. The zero-order valence-electron chi connectivity index (χ0n) is 15.1. The molecule has 11 heteroatoms. The molecule has 0 saturated heterocycles. The van der Waals surface area contributed by atoms with Gasteiger partial charge in [0.2, 0.25) is 5.95 Å². The lowest BCUT2D eigenvalue weighted by molar-refractivity contribution is -0.141. The van der Waals surface area contributed by atoms with Crippen molar-refractivity contribution in [3.63, 3.8) is 0 Å². The second-order valence-electron chi connectivity index (χ2n) is 5.72. The number of anilines is 1. The second-order valence-corrected chi connectivity index (χ2v) is 5.72. The Kier molecular flexibility index (Phi) is 7.07. The first-order valence-corrected chi connectivity index (χ1v) is 8.27. The number of hydrogen-bond acceptors (Lipinski definition) is 4. The first kappa shape index (κ1) is 21.3. The molecule has 2 aromatic rings. The number of halogens is 5. The molecule has 1 atom stereocenters. The summed E-state index contributed by atoms with van der Waals surface area (Å²) in [5.41, 5.74) is -0.773. The van der Waals surface area contributed by atoms with E-state index in [-0.39, 0.29) is 24.6 Å². The number of alkyl halides is 3. The van der Waals surface area contributed by atoms with Gasteiger partial charge >= 0.3 is 6.18 Å². The number of rotatable bonds is 6. The summed E-state index contributed by atoms with van der Waals surface area (Å²) in [6, 6.07) is 3.58. The van der Waals surface area contributed by atoms with E-state index in [9.17, 15) is 22.0 Å². The minimum absolute atomic E-state index is 0.152. The Morgan fingerprint density at radius 3 is 2.57 bits per heavy atom. The maximum Gasteiger partial charge on any atom is 0.433 e. The molecule has 152 valence electrons. The molecular weight excluding hydrogens is 383 g/mol. The molecule has 1 aromatic heterocycles. The number of guanidine groups is 1. The predicted octanol–water partition coefficient (Wildman–Crippen LogP) is 3.11. The third-order valence-electron chi connectivity index (χ3n) is 3.65. The molecule has 0 aliphatic carbocycles. The van der Waals surface area contributed by atoms with Crippen molar-refractivity contribution in [2.24, 2.45) is 4.99 Å². The predicted molar refractivity (Wildman–Crippen MR) is 94.8 cm³/mol. The van der Waals surface area contributed by atoms with Gasteiger partial charge in [-0.3, -0.25) is 4.99 Å². The summed E-state index contributed by atoms with van der Waals surface area (Å²) in [5.74, 6) is -1.16. The first-order valence-electron chi connectivity index (χ1n) is 8.27. The lowest BCUT2D eigenvalue weighted by Crippen LogP contribution is -2.41. The third-order valence-corrected chi connectivity index (χ3v) is 3.65. The SMILES string of the molecule is CN=C(NCCNc1nccc(C(F)(F)F)n1)NC(C)c1ccc(F)cc1F. The summed E-state index contributed by atoms with van der Waals surface area (Å²) in [7, 11) is 1.51. The maximum absolute atomic E-state index is 13.8. The van der Waals surface area contributed by atoms with Crippen LogP contribution in [0.15, 0.2) is 35.5 Å². The average Bonchev–Trinajstić information content (AvgIpc) is 2.63. The van der Waals surface area contributed by atoms with Crippen LogP contribution in [-0.2, 0) is 6.18 Å². The number of nitrogens with zero attached hydrogens (tertiary/aromatic N) is 3. The molecule has 1 heterocycles. The molecule has 0 bridgehead atoms.